The number of benzene rings is 2. The highest BCUT2D eigenvalue weighted by Crippen LogP contribution is 2.34. The van der Waals surface area contributed by atoms with E-state index in [1.54, 1.807) is 30.3 Å². The molecule has 1 aliphatic heterocycles. The topological polar surface area (TPSA) is 76.7 Å². The van der Waals surface area contributed by atoms with Gasteiger partial charge in [-0.05, 0) is 30.7 Å². The molecule has 124 valence electrons. The largest absolute Gasteiger partial charge is 0.495 e. The zero-order valence-corrected chi connectivity index (χ0v) is 13.9. The predicted octanol–water partition coefficient (Wildman–Crippen LogP) is 3.24. The van der Waals surface area contributed by atoms with Gasteiger partial charge in [0.15, 0.2) is 6.61 Å². The van der Waals surface area contributed by atoms with Gasteiger partial charge in [0, 0.05) is 11.1 Å². The van der Waals surface area contributed by atoms with Gasteiger partial charge in [0.2, 0.25) is 0 Å². The number of hydrogen-bond acceptors (Lipinski definition) is 4. The van der Waals surface area contributed by atoms with E-state index in [1.807, 2.05) is 6.92 Å². The van der Waals surface area contributed by atoms with Gasteiger partial charge < -0.3 is 20.1 Å². The van der Waals surface area contributed by atoms with Crippen LogP contribution in [0.5, 0.6) is 11.5 Å². The summed E-state index contributed by atoms with van der Waals surface area (Å²) in [6.45, 7) is 1.76. The lowest BCUT2D eigenvalue weighted by Crippen LogP contribution is -2.27. The fraction of sp³-hybridized carbons (Fsp3) is 0.176. The average Bonchev–Trinajstić information content (AvgIpc) is 2.57. The van der Waals surface area contributed by atoms with Crippen LogP contribution in [0.2, 0.25) is 5.02 Å². The van der Waals surface area contributed by atoms with Crippen molar-refractivity contribution in [2.24, 2.45) is 0 Å². The van der Waals surface area contributed by atoms with Crippen molar-refractivity contribution in [2.75, 3.05) is 24.4 Å². The van der Waals surface area contributed by atoms with Crippen LogP contribution in [0, 0.1) is 6.92 Å². The third kappa shape index (κ3) is 3.00. The molecule has 6 nitrogen and oxygen atoms in total. The molecule has 24 heavy (non-hydrogen) atoms. The van der Waals surface area contributed by atoms with E-state index < -0.39 is 5.91 Å². The second kappa shape index (κ2) is 6.41. The van der Waals surface area contributed by atoms with Gasteiger partial charge in [0.1, 0.15) is 11.5 Å². The van der Waals surface area contributed by atoms with Gasteiger partial charge in [-0.1, -0.05) is 17.7 Å². The van der Waals surface area contributed by atoms with E-state index in [-0.39, 0.29) is 12.5 Å². The molecule has 2 aromatic carbocycles. The lowest BCUT2D eigenvalue weighted by atomic mass is 10.1. The number of carbonyl (C=O) groups is 2. The van der Waals surface area contributed by atoms with Crippen molar-refractivity contribution in [3.8, 4) is 11.5 Å². The molecule has 0 aliphatic carbocycles. The van der Waals surface area contributed by atoms with E-state index in [0.717, 1.165) is 5.56 Å². The number of aryl methyl sites for hydroxylation is 1. The second-order valence-electron chi connectivity index (χ2n) is 5.27. The number of nitrogens with one attached hydrogen (secondary N) is 2. The summed E-state index contributed by atoms with van der Waals surface area (Å²) in [5, 5.41) is 5.99. The zero-order chi connectivity index (χ0) is 17.3. The maximum Gasteiger partial charge on any atom is 0.262 e. The molecule has 0 spiro atoms. The molecular weight excluding hydrogens is 332 g/mol. The number of fused-ring (bicyclic) bond motifs is 1. The fourth-order valence-electron chi connectivity index (χ4n) is 2.41. The molecule has 2 amide bonds. The summed E-state index contributed by atoms with van der Waals surface area (Å²) in [5.41, 5.74) is 1.95. The summed E-state index contributed by atoms with van der Waals surface area (Å²) >= 11 is 6.07. The Hall–Kier alpha value is -2.73. The van der Waals surface area contributed by atoms with Crippen molar-refractivity contribution in [1.82, 2.24) is 0 Å². The van der Waals surface area contributed by atoms with E-state index in [1.165, 1.54) is 7.11 Å². The molecule has 0 aromatic heterocycles. The first-order chi connectivity index (χ1) is 11.5. The molecular formula is C17H15ClN2O4. The maximum absolute atomic E-state index is 12.7. The van der Waals surface area contributed by atoms with Gasteiger partial charge in [0.25, 0.3) is 11.8 Å². The first kappa shape index (κ1) is 16.1. The molecule has 2 aromatic rings. The van der Waals surface area contributed by atoms with Crippen LogP contribution in [0.15, 0.2) is 30.3 Å². The third-order valence-corrected chi connectivity index (χ3v) is 4.03. The highest BCUT2D eigenvalue weighted by Gasteiger charge is 2.23. The Balaban J connectivity index is 1.94. The SMILES string of the molecule is COc1cc(Cl)c(C)cc1NC(=O)c1cccc2c1NC(=O)CO2. The number of amides is 2. The van der Waals surface area contributed by atoms with E-state index in [9.17, 15) is 9.59 Å². The molecule has 3 rings (SSSR count). The molecule has 2 N–H and O–H groups in total. The molecule has 0 bridgehead atoms. The summed E-state index contributed by atoms with van der Waals surface area (Å²) in [7, 11) is 1.50. The monoisotopic (exact) mass is 346 g/mol. The number of halogens is 1. The number of carbonyl (C=O) groups excluding carboxylic acids is 2. The molecule has 0 radical (unpaired) electrons. The summed E-state index contributed by atoms with van der Waals surface area (Å²) in [5.74, 6) is 0.214. The normalized spacial score (nSPS) is 12.7. The van der Waals surface area contributed by atoms with Crippen LogP contribution in [0.4, 0.5) is 11.4 Å². The smallest absolute Gasteiger partial charge is 0.262 e. The molecule has 0 unspecified atom stereocenters. The molecule has 0 fully saturated rings. The van der Waals surface area contributed by atoms with Crippen molar-refractivity contribution in [3.05, 3.63) is 46.5 Å². The van der Waals surface area contributed by atoms with Gasteiger partial charge in [-0.2, -0.15) is 0 Å². The predicted molar refractivity (Wildman–Crippen MR) is 91.3 cm³/mol. The molecule has 0 saturated carbocycles. The number of rotatable bonds is 3. The van der Waals surface area contributed by atoms with Crippen LogP contribution >= 0.6 is 11.6 Å². The van der Waals surface area contributed by atoms with Crippen molar-refractivity contribution in [2.45, 2.75) is 6.92 Å². The quantitative estimate of drug-likeness (QED) is 0.894. The lowest BCUT2D eigenvalue weighted by Gasteiger charge is -2.20. The van der Waals surface area contributed by atoms with Crippen molar-refractivity contribution >= 4 is 34.8 Å². The lowest BCUT2D eigenvalue weighted by molar-refractivity contribution is -0.118. The number of ether oxygens (including phenoxy) is 2. The van der Waals surface area contributed by atoms with Crippen molar-refractivity contribution in [1.29, 1.82) is 0 Å². The van der Waals surface area contributed by atoms with E-state index >= 15 is 0 Å². The van der Waals surface area contributed by atoms with Crippen LogP contribution in [0.25, 0.3) is 0 Å². The highest BCUT2D eigenvalue weighted by molar-refractivity contribution is 6.31. The first-order valence-corrected chi connectivity index (χ1v) is 7.58. The Labute approximate surface area is 143 Å². The van der Waals surface area contributed by atoms with Crippen molar-refractivity contribution < 1.29 is 19.1 Å². The third-order valence-electron chi connectivity index (χ3n) is 3.62. The Morgan fingerprint density at radius 1 is 1.38 bits per heavy atom. The molecule has 7 heteroatoms. The molecule has 1 heterocycles. The first-order valence-electron chi connectivity index (χ1n) is 7.20. The van der Waals surface area contributed by atoms with Crippen molar-refractivity contribution in [3.63, 3.8) is 0 Å². The maximum atomic E-state index is 12.7. The summed E-state index contributed by atoms with van der Waals surface area (Å²) in [6.07, 6.45) is 0. The minimum atomic E-state index is -0.391. The van der Waals surface area contributed by atoms with Gasteiger partial charge >= 0.3 is 0 Å². The molecule has 0 atom stereocenters. The number of para-hydroxylation sites is 1. The summed E-state index contributed by atoms with van der Waals surface area (Å²) < 4.78 is 10.6. The zero-order valence-electron chi connectivity index (χ0n) is 13.1. The van der Waals surface area contributed by atoms with Gasteiger partial charge in [-0.15, -0.1) is 0 Å². The van der Waals surface area contributed by atoms with E-state index in [2.05, 4.69) is 10.6 Å². The Morgan fingerprint density at radius 2 is 2.17 bits per heavy atom. The summed E-state index contributed by atoms with van der Waals surface area (Å²) in [4.78, 5) is 24.2. The Morgan fingerprint density at radius 3 is 2.92 bits per heavy atom. The van der Waals surface area contributed by atoms with Crippen LogP contribution < -0.4 is 20.1 Å². The van der Waals surface area contributed by atoms with Gasteiger partial charge in [0.05, 0.1) is 24.0 Å². The second-order valence-corrected chi connectivity index (χ2v) is 5.68. The standard InChI is InChI=1S/C17H15ClN2O4/c1-9-6-12(14(23-2)7-11(9)18)19-17(22)10-4-3-5-13-16(10)20-15(21)8-24-13/h3-7H,8H2,1-2H3,(H,19,22)(H,20,21). The van der Waals surface area contributed by atoms with Crippen LogP contribution in [0.3, 0.4) is 0 Å². The fourth-order valence-corrected chi connectivity index (χ4v) is 2.56. The van der Waals surface area contributed by atoms with Crippen LogP contribution in [-0.4, -0.2) is 25.5 Å². The molecule has 1 aliphatic rings. The number of methoxy groups -OCH3 is 1. The van der Waals surface area contributed by atoms with E-state index in [0.29, 0.717) is 33.5 Å². The van der Waals surface area contributed by atoms with Crippen LogP contribution in [0.1, 0.15) is 15.9 Å². The van der Waals surface area contributed by atoms with Gasteiger partial charge in [-0.25, -0.2) is 0 Å². The average molecular weight is 347 g/mol. The van der Waals surface area contributed by atoms with E-state index in [4.69, 9.17) is 21.1 Å². The number of anilines is 2. The van der Waals surface area contributed by atoms with Crippen LogP contribution in [-0.2, 0) is 4.79 Å². The highest BCUT2D eigenvalue weighted by atomic mass is 35.5. The van der Waals surface area contributed by atoms with Gasteiger partial charge in [-0.3, -0.25) is 9.59 Å². The molecule has 0 saturated heterocycles. The number of hydrogen-bond donors (Lipinski definition) is 2. The minimum Gasteiger partial charge on any atom is -0.495 e. The minimum absolute atomic E-state index is 0.0672. The Bertz CT molecular complexity index is 836. The Kier molecular flexibility index (Phi) is 4.31. The summed E-state index contributed by atoms with van der Waals surface area (Å²) in [6, 6.07) is 8.36.